The third-order valence-electron chi connectivity index (χ3n) is 2.78. The van der Waals surface area contributed by atoms with E-state index in [0.717, 1.165) is 0 Å². The highest BCUT2D eigenvalue weighted by Crippen LogP contribution is 2.30. The minimum Gasteiger partial charge on any atom is -0.384 e. The van der Waals surface area contributed by atoms with Crippen molar-refractivity contribution < 1.29 is 8.78 Å². The summed E-state index contributed by atoms with van der Waals surface area (Å²) in [5.41, 5.74) is 5.95. The molecule has 1 saturated heterocycles. The Morgan fingerprint density at radius 3 is 2.59 bits per heavy atom. The van der Waals surface area contributed by atoms with Gasteiger partial charge in [0.15, 0.2) is 0 Å². The van der Waals surface area contributed by atoms with Crippen LogP contribution in [0.2, 0.25) is 0 Å². The van der Waals surface area contributed by atoms with Crippen LogP contribution in [0, 0.1) is 11.3 Å². The van der Waals surface area contributed by atoms with Crippen molar-refractivity contribution in [1.29, 1.82) is 5.26 Å². The van der Waals surface area contributed by atoms with Crippen LogP contribution in [0.15, 0.2) is 12.1 Å². The van der Waals surface area contributed by atoms with Crippen LogP contribution in [-0.2, 0) is 0 Å². The maximum atomic E-state index is 13.0. The summed E-state index contributed by atoms with van der Waals surface area (Å²) in [6.07, 6.45) is -0.378. The molecular weight excluding hydrogens is 226 g/mol. The number of nitrogens with two attached hydrogens (primary N) is 1. The maximum Gasteiger partial charge on any atom is 0.251 e. The van der Waals surface area contributed by atoms with Crippen molar-refractivity contribution >= 4 is 11.6 Å². The zero-order valence-electron chi connectivity index (χ0n) is 9.16. The molecule has 1 aromatic rings. The lowest BCUT2D eigenvalue weighted by Crippen LogP contribution is -2.39. The molecule has 0 atom stereocenters. The van der Waals surface area contributed by atoms with Crippen LogP contribution in [-0.4, -0.2) is 24.0 Å². The van der Waals surface area contributed by atoms with Crippen molar-refractivity contribution in [3.8, 4) is 6.07 Å². The molecule has 1 fully saturated rings. The number of pyridine rings is 1. The zero-order chi connectivity index (χ0) is 12.5. The Bertz CT molecular complexity index is 457. The predicted molar refractivity (Wildman–Crippen MR) is 59.8 cm³/mol. The van der Waals surface area contributed by atoms with E-state index < -0.39 is 5.92 Å². The van der Waals surface area contributed by atoms with E-state index in [0.29, 0.717) is 11.4 Å². The first-order valence-corrected chi connectivity index (χ1v) is 5.31. The van der Waals surface area contributed by atoms with Crippen LogP contribution in [0.1, 0.15) is 18.4 Å². The molecule has 2 rings (SSSR count). The van der Waals surface area contributed by atoms with E-state index in [9.17, 15) is 8.78 Å². The quantitative estimate of drug-likeness (QED) is 0.809. The van der Waals surface area contributed by atoms with Gasteiger partial charge in [-0.15, -0.1) is 0 Å². The summed E-state index contributed by atoms with van der Waals surface area (Å²) in [6.45, 7) is 0.461. The molecule has 0 bridgehead atoms. The number of anilines is 2. The summed E-state index contributed by atoms with van der Waals surface area (Å²) in [6, 6.07) is 5.00. The molecule has 0 unspecified atom stereocenters. The Morgan fingerprint density at radius 1 is 1.35 bits per heavy atom. The molecule has 0 amide bonds. The number of aromatic nitrogens is 1. The van der Waals surface area contributed by atoms with Crippen LogP contribution in [0.3, 0.4) is 0 Å². The number of nitrogens with zero attached hydrogens (tertiary/aromatic N) is 3. The van der Waals surface area contributed by atoms with Crippen molar-refractivity contribution in [2.75, 3.05) is 23.7 Å². The van der Waals surface area contributed by atoms with Crippen LogP contribution in [0.5, 0.6) is 0 Å². The standard InChI is InChI=1S/C11H12F2N4/c12-11(13)1-3-17(4-2-11)10-6-8(7-14)5-9(15)16-10/h5-6H,1-4H2,(H2,15,16). The molecule has 17 heavy (non-hydrogen) atoms. The fourth-order valence-electron chi connectivity index (χ4n) is 1.83. The first-order chi connectivity index (χ1) is 8.00. The smallest absolute Gasteiger partial charge is 0.251 e. The van der Waals surface area contributed by atoms with Gasteiger partial charge in [-0.3, -0.25) is 0 Å². The highest BCUT2D eigenvalue weighted by molar-refractivity contribution is 5.52. The zero-order valence-corrected chi connectivity index (χ0v) is 9.16. The van der Waals surface area contributed by atoms with E-state index in [4.69, 9.17) is 11.0 Å². The van der Waals surface area contributed by atoms with Crippen molar-refractivity contribution in [2.24, 2.45) is 0 Å². The van der Waals surface area contributed by atoms with E-state index in [1.54, 1.807) is 11.0 Å². The minimum atomic E-state index is -2.59. The Hall–Kier alpha value is -1.90. The van der Waals surface area contributed by atoms with Gasteiger partial charge in [-0.2, -0.15) is 5.26 Å². The van der Waals surface area contributed by atoms with Crippen LogP contribution < -0.4 is 10.6 Å². The number of hydrogen-bond donors (Lipinski definition) is 1. The largest absolute Gasteiger partial charge is 0.384 e. The molecule has 0 saturated carbocycles. The molecule has 0 spiro atoms. The molecule has 1 aliphatic rings. The van der Waals surface area contributed by atoms with E-state index in [1.165, 1.54) is 6.07 Å². The van der Waals surface area contributed by atoms with Gasteiger partial charge in [0, 0.05) is 25.9 Å². The van der Waals surface area contributed by atoms with Gasteiger partial charge in [0.05, 0.1) is 11.6 Å². The fraction of sp³-hybridized carbons (Fsp3) is 0.455. The van der Waals surface area contributed by atoms with Gasteiger partial charge in [-0.25, -0.2) is 13.8 Å². The number of halogens is 2. The molecule has 4 nitrogen and oxygen atoms in total. The molecule has 2 N–H and O–H groups in total. The Balaban J connectivity index is 2.19. The van der Waals surface area contributed by atoms with Gasteiger partial charge in [-0.1, -0.05) is 0 Å². The Morgan fingerprint density at radius 2 is 2.00 bits per heavy atom. The van der Waals surface area contributed by atoms with Crippen molar-refractivity contribution in [1.82, 2.24) is 4.98 Å². The second-order valence-corrected chi connectivity index (χ2v) is 4.09. The number of piperidine rings is 1. The minimum absolute atomic E-state index is 0.189. The van der Waals surface area contributed by atoms with Crippen LogP contribution >= 0.6 is 0 Å². The molecule has 2 heterocycles. The van der Waals surface area contributed by atoms with Gasteiger partial charge >= 0.3 is 0 Å². The molecule has 1 aromatic heterocycles. The first kappa shape index (κ1) is 11.6. The number of nitrogen functional groups attached to an aromatic ring is 1. The average Bonchev–Trinajstić information content (AvgIpc) is 2.28. The third-order valence-corrected chi connectivity index (χ3v) is 2.78. The number of rotatable bonds is 1. The van der Waals surface area contributed by atoms with Gasteiger partial charge in [0.1, 0.15) is 11.6 Å². The van der Waals surface area contributed by atoms with Gasteiger partial charge in [-0.05, 0) is 12.1 Å². The van der Waals surface area contributed by atoms with Gasteiger partial charge in [0.2, 0.25) is 0 Å². The summed E-state index contributed by atoms with van der Waals surface area (Å²) in [5, 5.41) is 8.80. The lowest BCUT2D eigenvalue weighted by molar-refractivity contribution is -0.0221. The second kappa shape index (κ2) is 4.17. The Labute approximate surface area is 97.7 Å². The summed E-state index contributed by atoms with van der Waals surface area (Å²) in [4.78, 5) is 5.79. The lowest BCUT2D eigenvalue weighted by Gasteiger charge is -2.32. The average molecular weight is 238 g/mol. The molecule has 6 heteroatoms. The van der Waals surface area contributed by atoms with Crippen LogP contribution in [0.4, 0.5) is 20.4 Å². The predicted octanol–water partition coefficient (Wildman–Crippen LogP) is 1.77. The van der Waals surface area contributed by atoms with E-state index in [2.05, 4.69) is 4.98 Å². The fourth-order valence-corrected chi connectivity index (χ4v) is 1.83. The number of hydrogen-bond acceptors (Lipinski definition) is 4. The van der Waals surface area contributed by atoms with Crippen molar-refractivity contribution in [2.45, 2.75) is 18.8 Å². The first-order valence-electron chi connectivity index (χ1n) is 5.31. The summed E-state index contributed by atoms with van der Waals surface area (Å²) in [7, 11) is 0. The maximum absolute atomic E-state index is 13.0. The SMILES string of the molecule is N#Cc1cc(N)nc(N2CCC(F)(F)CC2)c1. The second-order valence-electron chi connectivity index (χ2n) is 4.09. The topological polar surface area (TPSA) is 65.9 Å². The van der Waals surface area contributed by atoms with E-state index in [-0.39, 0.29) is 31.7 Å². The van der Waals surface area contributed by atoms with E-state index >= 15 is 0 Å². The molecule has 1 aliphatic heterocycles. The van der Waals surface area contributed by atoms with Crippen LogP contribution in [0.25, 0.3) is 0 Å². The van der Waals surface area contributed by atoms with E-state index in [1.807, 2.05) is 6.07 Å². The number of alkyl halides is 2. The summed E-state index contributed by atoms with van der Waals surface area (Å²) >= 11 is 0. The number of nitriles is 1. The highest BCUT2D eigenvalue weighted by atomic mass is 19.3. The summed E-state index contributed by atoms with van der Waals surface area (Å²) < 4.78 is 26.0. The molecule has 0 radical (unpaired) electrons. The Kier molecular flexibility index (Phi) is 2.84. The van der Waals surface area contributed by atoms with Gasteiger partial charge in [0.25, 0.3) is 5.92 Å². The monoisotopic (exact) mass is 238 g/mol. The molecule has 0 aliphatic carbocycles. The molecule has 0 aromatic carbocycles. The molecular formula is C11H12F2N4. The van der Waals surface area contributed by atoms with Crippen molar-refractivity contribution in [3.05, 3.63) is 17.7 Å². The normalized spacial score (nSPS) is 18.8. The highest BCUT2D eigenvalue weighted by Gasteiger charge is 2.34. The molecule has 90 valence electrons. The van der Waals surface area contributed by atoms with Crippen molar-refractivity contribution in [3.63, 3.8) is 0 Å². The lowest BCUT2D eigenvalue weighted by atomic mass is 10.1. The summed E-state index contributed by atoms with van der Waals surface area (Å²) in [5.74, 6) is -1.86. The third kappa shape index (κ3) is 2.61. The van der Waals surface area contributed by atoms with Gasteiger partial charge < -0.3 is 10.6 Å².